The van der Waals surface area contributed by atoms with Crippen LogP contribution >= 0.6 is 35.6 Å². The van der Waals surface area contributed by atoms with Crippen LogP contribution in [0.3, 0.4) is 0 Å². The Morgan fingerprint density at radius 3 is 2.94 bits per heavy atom. The van der Waals surface area contributed by atoms with Crippen LogP contribution in [0.2, 0.25) is 5.02 Å². The van der Waals surface area contributed by atoms with Crippen LogP contribution < -0.4 is 0 Å². The minimum Gasteiger partial charge on any atom is -0.331 e. The van der Waals surface area contributed by atoms with Gasteiger partial charge in [-0.05, 0) is 55.3 Å². The highest BCUT2D eigenvalue weighted by Crippen LogP contribution is 2.20. The van der Waals surface area contributed by atoms with E-state index in [4.69, 9.17) is 23.8 Å². The van der Waals surface area contributed by atoms with E-state index in [2.05, 4.69) is 15.8 Å². The summed E-state index contributed by atoms with van der Waals surface area (Å²) in [6.07, 6.45) is 5.83. The van der Waals surface area contributed by atoms with Crippen molar-refractivity contribution in [3.8, 4) is 0 Å². The second-order valence-electron chi connectivity index (χ2n) is 4.30. The Morgan fingerprint density at radius 2 is 2.17 bits per heavy atom. The van der Waals surface area contributed by atoms with Gasteiger partial charge in [-0.2, -0.15) is 11.8 Å². The standard InChI is InChI=1S/C13H17ClN2S2/c1-18-8-4-2-3-7-16-12-9-10(14)5-6-11(12)15-13(16)17/h5-6,9H,2-4,7-8H2,1H3,(H,15,17). The molecule has 0 spiro atoms. The maximum Gasteiger partial charge on any atom is 0.178 e. The summed E-state index contributed by atoms with van der Waals surface area (Å²) in [5.74, 6) is 1.24. The number of nitrogens with one attached hydrogen (secondary N) is 1. The van der Waals surface area contributed by atoms with E-state index in [1.54, 1.807) is 0 Å². The van der Waals surface area contributed by atoms with Crippen LogP contribution in [0.5, 0.6) is 0 Å². The highest BCUT2D eigenvalue weighted by atomic mass is 35.5. The van der Waals surface area contributed by atoms with E-state index < -0.39 is 0 Å². The number of thioether (sulfide) groups is 1. The van der Waals surface area contributed by atoms with E-state index in [-0.39, 0.29) is 0 Å². The van der Waals surface area contributed by atoms with Gasteiger partial charge < -0.3 is 9.55 Å². The molecule has 1 heterocycles. The van der Waals surface area contributed by atoms with E-state index in [1.807, 2.05) is 30.0 Å². The number of aromatic nitrogens is 2. The zero-order chi connectivity index (χ0) is 13.0. The van der Waals surface area contributed by atoms with Gasteiger partial charge in [-0.15, -0.1) is 0 Å². The third-order valence-corrected chi connectivity index (χ3v) is 4.22. The molecule has 1 aromatic carbocycles. The smallest absolute Gasteiger partial charge is 0.178 e. The second-order valence-corrected chi connectivity index (χ2v) is 6.11. The minimum atomic E-state index is 0.757. The number of aromatic amines is 1. The average molecular weight is 301 g/mol. The van der Waals surface area contributed by atoms with Gasteiger partial charge in [-0.3, -0.25) is 0 Å². The monoisotopic (exact) mass is 300 g/mol. The Bertz CT molecular complexity index is 574. The van der Waals surface area contributed by atoms with Crippen LogP contribution in [0.15, 0.2) is 18.2 Å². The fraction of sp³-hybridized carbons (Fsp3) is 0.462. The lowest BCUT2D eigenvalue weighted by Gasteiger charge is -2.04. The second kappa shape index (κ2) is 6.64. The zero-order valence-electron chi connectivity index (χ0n) is 10.4. The van der Waals surface area contributed by atoms with Crippen LogP contribution in [-0.4, -0.2) is 21.6 Å². The quantitative estimate of drug-likeness (QED) is 0.606. The van der Waals surface area contributed by atoms with Gasteiger partial charge in [0.1, 0.15) is 0 Å². The van der Waals surface area contributed by atoms with Crippen molar-refractivity contribution in [3.63, 3.8) is 0 Å². The predicted octanol–water partition coefficient (Wildman–Crippen LogP) is 4.89. The highest BCUT2D eigenvalue weighted by Gasteiger charge is 2.04. The summed E-state index contributed by atoms with van der Waals surface area (Å²) in [5.41, 5.74) is 2.17. The van der Waals surface area contributed by atoms with Gasteiger partial charge in [0.25, 0.3) is 0 Å². The molecule has 0 amide bonds. The molecule has 0 bridgehead atoms. The molecule has 0 unspecified atom stereocenters. The van der Waals surface area contributed by atoms with Crippen LogP contribution in [-0.2, 0) is 6.54 Å². The Balaban J connectivity index is 2.10. The molecule has 5 heteroatoms. The van der Waals surface area contributed by atoms with Gasteiger partial charge in [-0.1, -0.05) is 18.0 Å². The lowest BCUT2D eigenvalue weighted by Crippen LogP contribution is -1.98. The molecule has 98 valence electrons. The molecule has 0 saturated heterocycles. The topological polar surface area (TPSA) is 20.7 Å². The molecule has 0 atom stereocenters. The number of halogens is 1. The summed E-state index contributed by atoms with van der Waals surface area (Å²) < 4.78 is 2.94. The fourth-order valence-corrected chi connectivity index (χ4v) is 3.00. The van der Waals surface area contributed by atoms with Crippen molar-refractivity contribution in [2.24, 2.45) is 0 Å². The molecule has 0 saturated carbocycles. The normalized spacial score (nSPS) is 11.2. The van der Waals surface area contributed by atoms with Crippen molar-refractivity contribution >= 4 is 46.6 Å². The van der Waals surface area contributed by atoms with Crippen molar-refractivity contribution in [2.45, 2.75) is 25.8 Å². The Hall–Kier alpha value is -0.450. The first kappa shape index (κ1) is 14.0. The predicted molar refractivity (Wildman–Crippen MR) is 84.4 cm³/mol. The molecule has 2 nitrogen and oxygen atoms in total. The minimum absolute atomic E-state index is 0.757. The lowest BCUT2D eigenvalue weighted by atomic mass is 10.2. The largest absolute Gasteiger partial charge is 0.331 e. The molecule has 1 N–H and O–H groups in total. The SMILES string of the molecule is CSCCCCCn1c(=S)[nH]c2ccc(Cl)cc21. The van der Waals surface area contributed by atoms with E-state index in [1.165, 1.54) is 18.6 Å². The summed E-state index contributed by atoms with van der Waals surface area (Å²) in [7, 11) is 0. The highest BCUT2D eigenvalue weighted by molar-refractivity contribution is 7.98. The Kier molecular flexibility index (Phi) is 5.15. The first-order valence-corrected chi connectivity index (χ1v) is 8.27. The van der Waals surface area contributed by atoms with E-state index >= 15 is 0 Å². The number of rotatable bonds is 6. The molecule has 0 aliphatic rings. The van der Waals surface area contributed by atoms with E-state index in [0.717, 1.165) is 33.8 Å². The third-order valence-electron chi connectivity index (χ3n) is 2.97. The molecule has 0 fully saturated rings. The molecule has 2 aromatic rings. The number of imidazole rings is 1. The number of nitrogens with zero attached hydrogens (tertiary/aromatic N) is 1. The van der Waals surface area contributed by atoms with Gasteiger partial charge in [0, 0.05) is 11.6 Å². The fourth-order valence-electron chi connectivity index (χ4n) is 2.04. The molecule has 1 aromatic heterocycles. The molecule has 0 radical (unpaired) electrons. The number of hydrogen-bond acceptors (Lipinski definition) is 2. The number of hydrogen-bond donors (Lipinski definition) is 1. The molecular formula is C13H17ClN2S2. The van der Waals surface area contributed by atoms with Crippen LogP contribution in [0.4, 0.5) is 0 Å². The van der Waals surface area contributed by atoms with Crippen molar-refractivity contribution in [3.05, 3.63) is 28.0 Å². The van der Waals surface area contributed by atoms with E-state index in [9.17, 15) is 0 Å². The summed E-state index contributed by atoms with van der Waals surface area (Å²) in [5, 5.41) is 0.757. The summed E-state index contributed by atoms with van der Waals surface area (Å²) >= 11 is 13.3. The lowest BCUT2D eigenvalue weighted by molar-refractivity contribution is 0.611. The molecule has 0 aliphatic carbocycles. The van der Waals surface area contributed by atoms with Gasteiger partial charge >= 0.3 is 0 Å². The summed E-state index contributed by atoms with van der Waals surface area (Å²) in [6, 6.07) is 5.85. The third kappa shape index (κ3) is 3.31. The summed E-state index contributed by atoms with van der Waals surface area (Å²) in [6.45, 7) is 0.966. The Labute approximate surface area is 122 Å². The Morgan fingerprint density at radius 1 is 1.33 bits per heavy atom. The molecule has 2 rings (SSSR count). The number of H-pyrrole nitrogens is 1. The first-order chi connectivity index (χ1) is 8.72. The van der Waals surface area contributed by atoms with Crippen LogP contribution in [0, 0.1) is 4.77 Å². The number of benzene rings is 1. The van der Waals surface area contributed by atoms with Gasteiger partial charge in [0.05, 0.1) is 11.0 Å². The summed E-state index contributed by atoms with van der Waals surface area (Å²) in [4.78, 5) is 3.22. The first-order valence-electron chi connectivity index (χ1n) is 6.09. The van der Waals surface area contributed by atoms with Gasteiger partial charge in [0.2, 0.25) is 0 Å². The maximum atomic E-state index is 6.04. The van der Waals surface area contributed by atoms with Gasteiger partial charge in [-0.25, -0.2) is 0 Å². The number of aryl methyl sites for hydroxylation is 1. The van der Waals surface area contributed by atoms with Crippen LogP contribution in [0.25, 0.3) is 11.0 Å². The molecule has 0 aliphatic heterocycles. The van der Waals surface area contributed by atoms with Crippen molar-refractivity contribution in [1.29, 1.82) is 0 Å². The number of fused-ring (bicyclic) bond motifs is 1. The average Bonchev–Trinajstić information content (AvgIpc) is 2.65. The number of unbranched alkanes of at least 4 members (excludes halogenated alkanes) is 2. The van der Waals surface area contributed by atoms with Crippen LogP contribution in [0.1, 0.15) is 19.3 Å². The van der Waals surface area contributed by atoms with Gasteiger partial charge in [0.15, 0.2) is 4.77 Å². The molecular weight excluding hydrogens is 284 g/mol. The van der Waals surface area contributed by atoms with Crippen molar-refractivity contribution in [1.82, 2.24) is 9.55 Å². The van der Waals surface area contributed by atoms with Crippen molar-refractivity contribution < 1.29 is 0 Å². The zero-order valence-corrected chi connectivity index (χ0v) is 12.8. The van der Waals surface area contributed by atoms with Crippen molar-refractivity contribution in [2.75, 3.05) is 12.0 Å². The maximum absolute atomic E-state index is 6.04. The van der Waals surface area contributed by atoms with E-state index in [0.29, 0.717) is 0 Å². The molecule has 18 heavy (non-hydrogen) atoms.